The van der Waals surface area contributed by atoms with Crippen molar-refractivity contribution in [3.8, 4) is 0 Å². The highest BCUT2D eigenvalue weighted by Gasteiger charge is 2.20. The predicted molar refractivity (Wildman–Crippen MR) is 121 cm³/mol. The van der Waals surface area contributed by atoms with Crippen LogP contribution in [0.2, 0.25) is 0 Å². The van der Waals surface area contributed by atoms with Crippen LogP contribution >= 0.6 is 0 Å². The molecule has 1 aromatic rings. The van der Waals surface area contributed by atoms with Crippen molar-refractivity contribution < 1.29 is 9.59 Å². The summed E-state index contributed by atoms with van der Waals surface area (Å²) in [6.45, 7) is 8.18. The Balaban J connectivity index is 1.71. The summed E-state index contributed by atoms with van der Waals surface area (Å²) in [5, 5.41) is 5.98. The van der Waals surface area contributed by atoms with E-state index in [0.717, 1.165) is 69.8 Å². The highest BCUT2D eigenvalue weighted by Crippen LogP contribution is 2.20. The summed E-state index contributed by atoms with van der Waals surface area (Å²) in [4.78, 5) is 28.4. The molecule has 3 amide bonds. The van der Waals surface area contributed by atoms with Crippen molar-refractivity contribution in [2.75, 3.05) is 42.9 Å². The molecule has 6 heteroatoms. The molecule has 0 spiro atoms. The maximum absolute atomic E-state index is 12.1. The molecule has 0 unspecified atom stereocenters. The number of carbonyl (C=O) groups excluding carboxylic acids is 2. The molecule has 0 bridgehead atoms. The number of anilines is 2. The van der Waals surface area contributed by atoms with Gasteiger partial charge in [0.15, 0.2) is 0 Å². The molecule has 1 saturated heterocycles. The Labute approximate surface area is 176 Å². The third kappa shape index (κ3) is 8.34. The van der Waals surface area contributed by atoms with E-state index in [1.54, 1.807) is 0 Å². The summed E-state index contributed by atoms with van der Waals surface area (Å²) in [6.07, 6.45) is 8.47. The minimum atomic E-state index is 0.0471. The van der Waals surface area contributed by atoms with Crippen LogP contribution in [0.25, 0.3) is 0 Å². The molecular formula is C23H38N4O2. The standard InChI is InChI=1S/C23H38N4O2/c1-3-5-7-8-9-10-22(28)25-20-11-13-21(14-12-20)26-16-18-27(19-17-26)23(29)24-15-6-4-2/h11-14H,3-10,15-19H2,1-2H3,(H,24,29)(H,25,28). The van der Waals surface area contributed by atoms with E-state index in [1.165, 1.54) is 19.3 Å². The fourth-order valence-electron chi connectivity index (χ4n) is 3.52. The van der Waals surface area contributed by atoms with Crippen LogP contribution in [0.5, 0.6) is 0 Å². The lowest BCUT2D eigenvalue weighted by Gasteiger charge is -2.36. The molecule has 29 heavy (non-hydrogen) atoms. The lowest BCUT2D eigenvalue weighted by atomic mass is 10.1. The van der Waals surface area contributed by atoms with Crippen LogP contribution in [-0.4, -0.2) is 49.6 Å². The smallest absolute Gasteiger partial charge is 0.317 e. The van der Waals surface area contributed by atoms with Crippen molar-refractivity contribution in [3.63, 3.8) is 0 Å². The molecule has 0 aliphatic carbocycles. The van der Waals surface area contributed by atoms with Crippen molar-refractivity contribution in [1.82, 2.24) is 10.2 Å². The van der Waals surface area contributed by atoms with Crippen LogP contribution in [0.3, 0.4) is 0 Å². The third-order valence-electron chi connectivity index (χ3n) is 5.40. The number of amides is 3. The summed E-state index contributed by atoms with van der Waals surface area (Å²) >= 11 is 0. The molecule has 0 radical (unpaired) electrons. The Bertz CT molecular complexity index is 610. The van der Waals surface area contributed by atoms with Crippen molar-refractivity contribution in [1.29, 1.82) is 0 Å². The molecule has 162 valence electrons. The molecule has 1 aliphatic rings. The van der Waals surface area contributed by atoms with Gasteiger partial charge in [-0.05, 0) is 37.1 Å². The number of hydrogen-bond acceptors (Lipinski definition) is 3. The van der Waals surface area contributed by atoms with E-state index < -0.39 is 0 Å². The number of nitrogens with one attached hydrogen (secondary N) is 2. The highest BCUT2D eigenvalue weighted by atomic mass is 16.2. The van der Waals surface area contributed by atoms with Crippen molar-refractivity contribution >= 4 is 23.3 Å². The van der Waals surface area contributed by atoms with Crippen LogP contribution < -0.4 is 15.5 Å². The van der Waals surface area contributed by atoms with Crippen LogP contribution in [0.1, 0.15) is 65.2 Å². The maximum atomic E-state index is 12.1. The van der Waals surface area contributed by atoms with Crippen molar-refractivity contribution in [3.05, 3.63) is 24.3 Å². The van der Waals surface area contributed by atoms with Gasteiger partial charge in [0.05, 0.1) is 0 Å². The minimum Gasteiger partial charge on any atom is -0.368 e. The van der Waals surface area contributed by atoms with E-state index in [4.69, 9.17) is 0 Å². The summed E-state index contributed by atoms with van der Waals surface area (Å²) in [5.74, 6) is 0.0944. The average molecular weight is 403 g/mol. The number of carbonyl (C=O) groups is 2. The first-order valence-electron chi connectivity index (χ1n) is 11.3. The first-order valence-corrected chi connectivity index (χ1v) is 11.3. The third-order valence-corrected chi connectivity index (χ3v) is 5.40. The molecule has 2 N–H and O–H groups in total. The predicted octanol–water partition coefficient (Wildman–Crippen LogP) is 4.62. The van der Waals surface area contributed by atoms with Crippen molar-refractivity contribution in [2.24, 2.45) is 0 Å². The number of piperazine rings is 1. The molecule has 1 aromatic carbocycles. The van der Waals surface area contributed by atoms with Crippen LogP contribution in [0, 0.1) is 0 Å². The van der Waals surface area contributed by atoms with Gasteiger partial charge >= 0.3 is 6.03 Å². The fourth-order valence-corrected chi connectivity index (χ4v) is 3.52. The fraction of sp³-hybridized carbons (Fsp3) is 0.652. The maximum Gasteiger partial charge on any atom is 0.317 e. The Hall–Kier alpha value is -2.24. The van der Waals surface area contributed by atoms with Gasteiger partial charge in [0.25, 0.3) is 0 Å². The van der Waals surface area contributed by atoms with Gasteiger partial charge in [0.1, 0.15) is 0 Å². The van der Waals surface area contributed by atoms with Gasteiger partial charge in [-0.2, -0.15) is 0 Å². The minimum absolute atomic E-state index is 0.0471. The summed E-state index contributed by atoms with van der Waals surface area (Å²) in [5.41, 5.74) is 1.98. The highest BCUT2D eigenvalue weighted by molar-refractivity contribution is 5.90. The largest absolute Gasteiger partial charge is 0.368 e. The summed E-state index contributed by atoms with van der Waals surface area (Å²) in [7, 11) is 0. The second kappa shape index (κ2) is 13.1. The topological polar surface area (TPSA) is 64.7 Å². The average Bonchev–Trinajstić information content (AvgIpc) is 2.74. The van der Waals surface area contributed by atoms with Gasteiger partial charge in [-0.15, -0.1) is 0 Å². The van der Waals surface area contributed by atoms with E-state index in [-0.39, 0.29) is 11.9 Å². The number of benzene rings is 1. The number of hydrogen-bond donors (Lipinski definition) is 2. The van der Waals surface area contributed by atoms with Crippen molar-refractivity contribution in [2.45, 2.75) is 65.2 Å². The molecule has 0 atom stereocenters. The molecule has 2 rings (SSSR count). The van der Waals surface area contributed by atoms with E-state index in [0.29, 0.717) is 6.42 Å². The lowest BCUT2D eigenvalue weighted by Crippen LogP contribution is -2.52. The Morgan fingerprint density at radius 1 is 0.862 bits per heavy atom. The number of urea groups is 1. The second-order valence-corrected chi connectivity index (χ2v) is 7.82. The van der Waals surface area contributed by atoms with E-state index in [2.05, 4.69) is 29.4 Å². The van der Waals surface area contributed by atoms with Gasteiger partial charge in [-0.1, -0.05) is 46.0 Å². The Kier molecular flexibility index (Phi) is 10.4. The van der Waals surface area contributed by atoms with E-state index in [1.807, 2.05) is 29.2 Å². The molecule has 0 aromatic heterocycles. The van der Waals surface area contributed by atoms with Crippen LogP contribution in [-0.2, 0) is 4.79 Å². The SMILES string of the molecule is CCCCCCCC(=O)Nc1ccc(N2CCN(C(=O)NCCCC)CC2)cc1. The molecule has 1 aliphatic heterocycles. The van der Waals surface area contributed by atoms with E-state index in [9.17, 15) is 9.59 Å². The summed E-state index contributed by atoms with van der Waals surface area (Å²) < 4.78 is 0. The molecular weight excluding hydrogens is 364 g/mol. The molecule has 6 nitrogen and oxygen atoms in total. The van der Waals surface area contributed by atoms with Gasteiger partial charge in [0.2, 0.25) is 5.91 Å². The van der Waals surface area contributed by atoms with Gasteiger partial charge in [-0.25, -0.2) is 4.79 Å². The van der Waals surface area contributed by atoms with Crippen LogP contribution in [0.4, 0.5) is 16.2 Å². The van der Waals surface area contributed by atoms with E-state index >= 15 is 0 Å². The Morgan fingerprint density at radius 3 is 2.17 bits per heavy atom. The molecule has 1 fully saturated rings. The number of unbranched alkanes of at least 4 members (excludes halogenated alkanes) is 5. The quantitative estimate of drug-likeness (QED) is 0.531. The normalized spacial score (nSPS) is 14.0. The number of nitrogens with zero attached hydrogens (tertiary/aromatic N) is 2. The molecule has 0 saturated carbocycles. The first-order chi connectivity index (χ1) is 14.1. The first kappa shape index (κ1) is 23.0. The Morgan fingerprint density at radius 2 is 1.52 bits per heavy atom. The number of rotatable bonds is 11. The zero-order valence-corrected chi connectivity index (χ0v) is 18.2. The van der Waals surface area contributed by atoms with Crippen LogP contribution in [0.15, 0.2) is 24.3 Å². The monoisotopic (exact) mass is 402 g/mol. The zero-order chi connectivity index (χ0) is 20.9. The zero-order valence-electron chi connectivity index (χ0n) is 18.2. The van der Waals surface area contributed by atoms with Gasteiger partial charge < -0.3 is 20.4 Å². The summed E-state index contributed by atoms with van der Waals surface area (Å²) in [6, 6.07) is 8.08. The molecule has 1 heterocycles. The van der Waals surface area contributed by atoms with Gasteiger partial charge in [-0.3, -0.25) is 4.79 Å². The lowest BCUT2D eigenvalue weighted by molar-refractivity contribution is -0.116. The van der Waals surface area contributed by atoms with Gasteiger partial charge in [0, 0.05) is 50.5 Å². The second-order valence-electron chi connectivity index (χ2n) is 7.82.